The fourth-order valence-electron chi connectivity index (χ4n) is 0.168. The first-order chi connectivity index (χ1) is 3.48. The molecule has 0 saturated heterocycles. The molecule has 0 atom stereocenters. The van der Waals surface area contributed by atoms with Gasteiger partial charge < -0.3 is 5.11 Å². The van der Waals surface area contributed by atoms with Gasteiger partial charge in [-0.25, -0.2) is 0 Å². The van der Waals surface area contributed by atoms with E-state index in [4.69, 9.17) is 5.11 Å². The Morgan fingerprint density at radius 1 is 1.50 bits per heavy atom. The first kappa shape index (κ1) is 7.92. The van der Waals surface area contributed by atoms with Gasteiger partial charge in [-0.05, 0) is 0 Å². The quantitative estimate of drug-likeness (QED) is 0.562. The number of hydrogen-bond donors (Lipinski definition) is 1. The number of rotatable bonds is 2. The Bertz CT molecular complexity index is 91.2. The average Bonchev–Trinajstić information content (AvgIpc) is 1.62. The third kappa shape index (κ3) is 2.28. The first-order valence-electron chi connectivity index (χ1n) is 2.58. The number of aliphatic hydroxyl groups is 1. The predicted molar refractivity (Wildman–Crippen MR) is 37.7 cm³/mol. The lowest BCUT2D eigenvalue weighted by atomic mass is 10.7. The van der Waals surface area contributed by atoms with E-state index in [9.17, 15) is 0 Å². The lowest BCUT2D eigenvalue weighted by Crippen LogP contribution is -2.23. The van der Waals surface area contributed by atoms with Gasteiger partial charge in [-0.3, -0.25) is 0 Å². The van der Waals surface area contributed by atoms with Crippen molar-refractivity contribution in [1.82, 2.24) is 0 Å². The van der Waals surface area contributed by atoms with Crippen LogP contribution in [0.15, 0.2) is 11.8 Å². The van der Waals surface area contributed by atoms with Crippen LogP contribution in [0.4, 0.5) is 0 Å². The maximum Gasteiger partial charge on any atom is 0.153 e. The summed E-state index contributed by atoms with van der Waals surface area (Å²) >= 11 is 0. The Balaban J connectivity index is 3.82. The van der Waals surface area contributed by atoms with E-state index in [1.54, 1.807) is 0 Å². The molecule has 0 aromatic rings. The maximum atomic E-state index is 8.36. The molecule has 0 bridgehead atoms. The summed E-state index contributed by atoms with van der Waals surface area (Å²) in [6.45, 7) is 12.0. The maximum absolute atomic E-state index is 8.36. The molecule has 2 heteroatoms. The zero-order valence-corrected chi connectivity index (χ0v) is 6.65. The van der Waals surface area contributed by atoms with E-state index >= 15 is 0 Å². The van der Waals surface area contributed by atoms with Crippen molar-refractivity contribution >= 4 is 8.07 Å². The highest BCUT2D eigenvalue weighted by molar-refractivity contribution is 6.83. The molecule has 0 aliphatic rings. The molecule has 0 heterocycles. The highest BCUT2D eigenvalue weighted by Gasteiger charge is 2.16. The second-order valence-electron chi connectivity index (χ2n) is 2.84. The highest BCUT2D eigenvalue weighted by atomic mass is 28.3. The van der Waals surface area contributed by atoms with Crippen LogP contribution in [0.2, 0.25) is 19.6 Å². The van der Waals surface area contributed by atoms with Gasteiger partial charge in [0.2, 0.25) is 0 Å². The molecule has 1 N–H and O–H groups in total. The molecule has 0 aromatic heterocycles. The van der Waals surface area contributed by atoms with Crippen LogP contribution < -0.4 is 0 Å². The first-order valence-corrected chi connectivity index (χ1v) is 6.08. The number of hydrogen-bond acceptors (Lipinski definition) is 1. The molecule has 0 spiro atoms. The zero-order chi connectivity index (χ0) is 6.78. The van der Waals surface area contributed by atoms with Gasteiger partial charge in [0.25, 0.3) is 0 Å². The van der Waals surface area contributed by atoms with Crippen LogP contribution in [0.3, 0.4) is 0 Å². The van der Waals surface area contributed by atoms with E-state index in [0.717, 1.165) is 5.20 Å². The van der Waals surface area contributed by atoms with Crippen molar-refractivity contribution in [3.05, 3.63) is 18.4 Å². The van der Waals surface area contributed by atoms with E-state index in [1.807, 2.05) is 0 Å². The van der Waals surface area contributed by atoms with Crippen molar-refractivity contribution in [3.8, 4) is 0 Å². The lowest BCUT2D eigenvalue weighted by molar-refractivity contribution is 0.417. The van der Waals surface area contributed by atoms with Crippen molar-refractivity contribution in [2.45, 2.75) is 19.6 Å². The Hall–Kier alpha value is -0.0831. The summed E-state index contributed by atoms with van der Waals surface area (Å²) in [6.07, 6.45) is 0. The van der Waals surface area contributed by atoms with Gasteiger partial charge in [0, 0.05) is 0 Å². The molecular weight excluding hydrogens is 116 g/mol. The van der Waals surface area contributed by atoms with Crippen molar-refractivity contribution in [2.24, 2.45) is 0 Å². The molecule has 0 aliphatic heterocycles. The minimum absolute atomic E-state index is 0.775. The fraction of sp³-hybridized carbons (Fsp3) is 0.500. The van der Waals surface area contributed by atoms with E-state index in [2.05, 4.69) is 32.8 Å². The van der Waals surface area contributed by atoms with Gasteiger partial charge in [0.05, 0.1) is 8.07 Å². The van der Waals surface area contributed by atoms with E-state index in [0.29, 0.717) is 0 Å². The second kappa shape index (κ2) is 2.46. The SMILES string of the molecule is C=C([C]O)[Si](C)(C)C. The molecule has 2 radical (unpaired) electrons. The Morgan fingerprint density at radius 2 is 1.88 bits per heavy atom. The molecule has 0 aromatic carbocycles. The number of aliphatic hydroxyl groups excluding tert-OH is 1. The standard InChI is InChI=1S/C6H12OSi/c1-6(5-7)8(2,3)4/h7H,1H2,2-4H3. The van der Waals surface area contributed by atoms with E-state index in [-0.39, 0.29) is 0 Å². The normalized spacial score (nSPS) is 11.5. The van der Waals surface area contributed by atoms with E-state index < -0.39 is 8.07 Å². The van der Waals surface area contributed by atoms with Crippen LogP contribution >= 0.6 is 0 Å². The summed E-state index contributed by atoms with van der Waals surface area (Å²) in [5.41, 5.74) is 0. The molecule has 0 amide bonds. The third-order valence-corrected chi connectivity index (χ3v) is 2.96. The summed E-state index contributed by atoms with van der Waals surface area (Å²) in [7, 11) is -1.32. The van der Waals surface area contributed by atoms with Crippen LogP contribution in [-0.4, -0.2) is 13.2 Å². The lowest BCUT2D eigenvalue weighted by Gasteiger charge is -2.15. The summed E-state index contributed by atoms with van der Waals surface area (Å²) in [4.78, 5) is 0. The minimum atomic E-state index is -1.32. The van der Waals surface area contributed by atoms with Crippen molar-refractivity contribution in [1.29, 1.82) is 0 Å². The van der Waals surface area contributed by atoms with Gasteiger partial charge in [-0.1, -0.05) is 24.8 Å². The van der Waals surface area contributed by atoms with Crippen molar-refractivity contribution in [2.75, 3.05) is 0 Å². The van der Waals surface area contributed by atoms with Gasteiger partial charge in [-0.2, -0.15) is 0 Å². The van der Waals surface area contributed by atoms with Gasteiger partial charge in [0.1, 0.15) is 0 Å². The zero-order valence-electron chi connectivity index (χ0n) is 5.65. The summed E-state index contributed by atoms with van der Waals surface area (Å²) < 4.78 is 0. The highest BCUT2D eigenvalue weighted by Crippen LogP contribution is 2.12. The van der Waals surface area contributed by atoms with Crippen molar-refractivity contribution < 1.29 is 5.11 Å². The topological polar surface area (TPSA) is 20.2 Å². The smallest absolute Gasteiger partial charge is 0.153 e. The predicted octanol–water partition coefficient (Wildman–Crippen LogP) is 1.83. The molecular formula is C6H12OSi. The molecule has 0 unspecified atom stereocenters. The second-order valence-corrected chi connectivity index (χ2v) is 7.94. The van der Waals surface area contributed by atoms with Crippen LogP contribution in [0.1, 0.15) is 0 Å². The van der Waals surface area contributed by atoms with Crippen LogP contribution in [0.25, 0.3) is 0 Å². The molecule has 0 fully saturated rings. The van der Waals surface area contributed by atoms with Gasteiger partial charge in [0.15, 0.2) is 6.61 Å². The third-order valence-electron chi connectivity index (χ3n) is 1.04. The molecule has 0 aliphatic carbocycles. The van der Waals surface area contributed by atoms with Crippen LogP contribution in [-0.2, 0) is 0 Å². The molecule has 0 rings (SSSR count). The van der Waals surface area contributed by atoms with Gasteiger partial charge in [-0.15, -0.1) is 6.58 Å². The van der Waals surface area contributed by atoms with Crippen LogP contribution in [0, 0.1) is 6.61 Å². The molecule has 0 saturated carbocycles. The summed E-state index contributed by atoms with van der Waals surface area (Å²) in [5, 5.41) is 9.13. The Labute approximate surface area is 52.0 Å². The van der Waals surface area contributed by atoms with Crippen molar-refractivity contribution in [3.63, 3.8) is 0 Å². The largest absolute Gasteiger partial charge is 0.379 e. The summed E-state index contributed by atoms with van der Waals surface area (Å²) in [6, 6.07) is 0. The monoisotopic (exact) mass is 128 g/mol. The Morgan fingerprint density at radius 3 is 1.88 bits per heavy atom. The molecule has 46 valence electrons. The fourth-order valence-corrected chi connectivity index (χ4v) is 0.503. The average molecular weight is 128 g/mol. The Kier molecular flexibility index (Phi) is 2.44. The van der Waals surface area contributed by atoms with Gasteiger partial charge >= 0.3 is 0 Å². The van der Waals surface area contributed by atoms with E-state index in [1.165, 1.54) is 0 Å². The molecule has 8 heavy (non-hydrogen) atoms. The van der Waals surface area contributed by atoms with Crippen LogP contribution in [0.5, 0.6) is 0 Å². The molecule has 1 nitrogen and oxygen atoms in total. The summed E-state index contributed by atoms with van der Waals surface area (Å²) in [5.74, 6) is 0. The minimum Gasteiger partial charge on any atom is -0.379 e.